The number of rotatable bonds is 5. The summed E-state index contributed by atoms with van der Waals surface area (Å²) in [6, 6.07) is 14.7. The van der Waals surface area contributed by atoms with E-state index in [2.05, 4.69) is 10.1 Å². The number of benzene rings is 2. The number of nitrogens with zero attached hydrogens (tertiary/aromatic N) is 4. The van der Waals surface area contributed by atoms with Crippen LogP contribution >= 0.6 is 34.8 Å². The van der Waals surface area contributed by atoms with Gasteiger partial charge in [0.05, 0.1) is 32.0 Å². The number of ether oxygens (including phenoxy) is 1. The highest BCUT2D eigenvalue weighted by Gasteiger charge is 2.19. The van der Waals surface area contributed by atoms with Gasteiger partial charge in [-0.3, -0.25) is 9.20 Å². The molecule has 3 heterocycles. The van der Waals surface area contributed by atoms with Crippen LogP contribution in [0.4, 0.5) is 4.39 Å². The van der Waals surface area contributed by atoms with Crippen molar-refractivity contribution in [3.05, 3.63) is 109 Å². The molecule has 0 saturated heterocycles. The van der Waals surface area contributed by atoms with Gasteiger partial charge in [-0.1, -0.05) is 40.9 Å². The second kappa shape index (κ2) is 9.58. The number of hydrogen-bond acceptors (Lipinski definition) is 4. The molecule has 2 aromatic carbocycles. The van der Waals surface area contributed by atoms with E-state index in [1.54, 1.807) is 60.3 Å². The van der Waals surface area contributed by atoms with E-state index in [9.17, 15) is 9.18 Å². The smallest absolute Gasteiger partial charge is 0.267 e. The second-order valence-corrected chi connectivity index (χ2v) is 9.34. The maximum atomic E-state index is 14.2. The van der Waals surface area contributed by atoms with Gasteiger partial charge in [-0.05, 0) is 62.4 Å². The van der Waals surface area contributed by atoms with Crippen LogP contribution in [0.5, 0.6) is 5.75 Å². The maximum absolute atomic E-state index is 14.2. The largest absolute Gasteiger partial charge is 0.485 e. The molecule has 0 spiro atoms. The van der Waals surface area contributed by atoms with Crippen LogP contribution in [-0.2, 0) is 6.61 Å². The minimum Gasteiger partial charge on any atom is -0.485 e. The van der Waals surface area contributed by atoms with Gasteiger partial charge in [0.2, 0.25) is 0 Å². The predicted octanol–water partition coefficient (Wildman–Crippen LogP) is 6.84. The van der Waals surface area contributed by atoms with Crippen LogP contribution in [-0.4, -0.2) is 19.2 Å². The van der Waals surface area contributed by atoms with Crippen molar-refractivity contribution in [1.82, 2.24) is 19.2 Å². The molecule has 0 aliphatic heterocycles. The van der Waals surface area contributed by atoms with Crippen LogP contribution in [0, 0.1) is 19.7 Å². The van der Waals surface area contributed by atoms with Crippen molar-refractivity contribution in [2.75, 3.05) is 0 Å². The Labute approximate surface area is 220 Å². The topological polar surface area (TPSA) is 61.4 Å². The molecule has 6 nitrogen and oxygen atoms in total. The first-order valence-corrected chi connectivity index (χ1v) is 12.0. The third-order valence-electron chi connectivity index (χ3n) is 5.72. The zero-order valence-electron chi connectivity index (χ0n) is 19.1. The zero-order valence-corrected chi connectivity index (χ0v) is 21.4. The Kier molecular flexibility index (Phi) is 6.47. The summed E-state index contributed by atoms with van der Waals surface area (Å²) in [5.41, 5.74) is 3.01. The molecule has 5 aromatic rings. The number of halogens is 4. The first-order valence-electron chi connectivity index (χ1n) is 10.8. The van der Waals surface area contributed by atoms with E-state index < -0.39 is 5.82 Å². The molecule has 0 unspecified atom stereocenters. The van der Waals surface area contributed by atoms with Gasteiger partial charge in [0.25, 0.3) is 5.56 Å². The molecular weight excluding hydrogens is 526 g/mol. The SMILES string of the molecule is Cc1nc2c(OCc3c(F)cccc3Cl)cccn2c(=O)c1-c1cc(C)n(-c2ccc(Cl)c(Cl)c2)n1. The van der Waals surface area contributed by atoms with Gasteiger partial charge >= 0.3 is 0 Å². The van der Waals surface area contributed by atoms with Crippen molar-refractivity contribution in [1.29, 1.82) is 0 Å². The van der Waals surface area contributed by atoms with Gasteiger partial charge < -0.3 is 4.74 Å². The Balaban J connectivity index is 1.56. The molecule has 182 valence electrons. The fraction of sp³-hybridized carbons (Fsp3) is 0.115. The fourth-order valence-corrected chi connectivity index (χ4v) is 4.46. The molecule has 0 N–H and O–H groups in total. The van der Waals surface area contributed by atoms with Gasteiger partial charge in [0, 0.05) is 17.5 Å². The highest BCUT2D eigenvalue weighted by Crippen LogP contribution is 2.28. The summed E-state index contributed by atoms with van der Waals surface area (Å²) in [5, 5.41) is 5.74. The molecule has 0 amide bonds. The van der Waals surface area contributed by atoms with E-state index in [1.165, 1.54) is 16.5 Å². The molecule has 0 aliphatic carbocycles. The van der Waals surface area contributed by atoms with Gasteiger partial charge in [0.15, 0.2) is 11.4 Å². The minimum atomic E-state index is -0.473. The van der Waals surface area contributed by atoms with Crippen LogP contribution in [0.3, 0.4) is 0 Å². The molecule has 0 radical (unpaired) electrons. The number of hydrogen-bond donors (Lipinski definition) is 0. The molecular formula is C26H18Cl3FN4O2. The average molecular weight is 544 g/mol. The minimum absolute atomic E-state index is 0.116. The summed E-state index contributed by atoms with van der Waals surface area (Å²) in [5.74, 6) is -0.152. The lowest BCUT2D eigenvalue weighted by Crippen LogP contribution is -2.19. The fourth-order valence-electron chi connectivity index (χ4n) is 3.95. The quantitative estimate of drug-likeness (QED) is 0.243. The van der Waals surface area contributed by atoms with Crippen LogP contribution in [0.2, 0.25) is 15.1 Å². The van der Waals surface area contributed by atoms with Crippen molar-refractivity contribution in [2.24, 2.45) is 0 Å². The number of pyridine rings is 1. The van der Waals surface area contributed by atoms with E-state index in [4.69, 9.17) is 39.5 Å². The average Bonchev–Trinajstić information content (AvgIpc) is 3.21. The third-order valence-corrected chi connectivity index (χ3v) is 6.82. The lowest BCUT2D eigenvalue weighted by molar-refractivity contribution is 0.301. The summed E-state index contributed by atoms with van der Waals surface area (Å²) in [6.45, 7) is 3.49. The molecule has 36 heavy (non-hydrogen) atoms. The van der Waals surface area contributed by atoms with Gasteiger partial charge in [-0.2, -0.15) is 5.10 Å². The Morgan fingerprint density at radius 3 is 2.53 bits per heavy atom. The molecule has 0 fully saturated rings. The molecule has 3 aromatic heterocycles. The van der Waals surface area contributed by atoms with E-state index in [0.29, 0.717) is 44.1 Å². The lowest BCUT2D eigenvalue weighted by Gasteiger charge is -2.12. The first kappa shape index (κ1) is 24.3. The van der Waals surface area contributed by atoms with Crippen molar-refractivity contribution in [3.8, 4) is 22.7 Å². The van der Waals surface area contributed by atoms with Crippen LogP contribution in [0.25, 0.3) is 22.6 Å². The Morgan fingerprint density at radius 2 is 1.78 bits per heavy atom. The normalized spacial score (nSPS) is 11.3. The van der Waals surface area contributed by atoms with Crippen LogP contribution in [0.1, 0.15) is 17.0 Å². The van der Waals surface area contributed by atoms with Gasteiger partial charge in [0.1, 0.15) is 18.1 Å². The van der Waals surface area contributed by atoms with E-state index in [-0.39, 0.29) is 22.8 Å². The Morgan fingerprint density at radius 1 is 0.972 bits per heavy atom. The van der Waals surface area contributed by atoms with Crippen LogP contribution in [0.15, 0.2) is 65.6 Å². The van der Waals surface area contributed by atoms with E-state index in [1.807, 2.05) is 6.92 Å². The predicted molar refractivity (Wildman–Crippen MR) is 139 cm³/mol. The van der Waals surface area contributed by atoms with E-state index in [0.717, 1.165) is 5.69 Å². The van der Waals surface area contributed by atoms with Crippen molar-refractivity contribution in [2.45, 2.75) is 20.5 Å². The summed E-state index contributed by atoms with van der Waals surface area (Å²) in [6.07, 6.45) is 1.60. The number of fused-ring (bicyclic) bond motifs is 1. The highest BCUT2D eigenvalue weighted by molar-refractivity contribution is 6.42. The molecule has 0 aliphatic rings. The van der Waals surface area contributed by atoms with Crippen molar-refractivity contribution in [3.63, 3.8) is 0 Å². The van der Waals surface area contributed by atoms with Crippen molar-refractivity contribution >= 4 is 40.4 Å². The summed E-state index contributed by atoms with van der Waals surface area (Å²) >= 11 is 18.3. The highest BCUT2D eigenvalue weighted by atomic mass is 35.5. The maximum Gasteiger partial charge on any atom is 0.267 e. The number of aromatic nitrogens is 4. The Hall–Kier alpha value is -3.39. The van der Waals surface area contributed by atoms with Gasteiger partial charge in [-0.25, -0.2) is 14.1 Å². The standard InChI is InChI=1S/C26H18Cl3FN4O2/c1-14-11-22(32-34(14)16-8-9-19(28)20(29)12-16)24-15(2)31-25-23(7-4-10-33(25)26(24)35)36-13-17-18(27)5-3-6-21(17)30/h3-12H,13H2,1-2H3. The third kappa shape index (κ3) is 4.34. The molecule has 0 bridgehead atoms. The van der Waals surface area contributed by atoms with E-state index >= 15 is 0 Å². The first-order chi connectivity index (χ1) is 17.2. The molecule has 5 rings (SSSR count). The molecule has 0 saturated carbocycles. The zero-order chi connectivity index (χ0) is 25.6. The summed E-state index contributed by atoms with van der Waals surface area (Å²) < 4.78 is 23.1. The lowest BCUT2D eigenvalue weighted by atomic mass is 10.1. The summed E-state index contributed by atoms with van der Waals surface area (Å²) in [4.78, 5) is 18.2. The summed E-state index contributed by atoms with van der Waals surface area (Å²) in [7, 11) is 0. The second-order valence-electron chi connectivity index (χ2n) is 8.11. The molecule has 10 heteroatoms. The monoisotopic (exact) mass is 542 g/mol. The van der Waals surface area contributed by atoms with Crippen molar-refractivity contribution < 1.29 is 9.13 Å². The number of aryl methyl sites for hydroxylation is 2. The molecule has 0 atom stereocenters. The Bertz CT molecular complexity index is 1680. The van der Waals surface area contributed by atoms with Gasteiger partial charge in [-0.15, -0.1) is 0 Å². The van der Waals surface area contributed by atoms with Crippen LogP contribution < -0.4 is 10.3 Å².